The Morgan fingerprint density at radius 1 is 1.30 bits per heavy atom. The van der Waals surface area contributed by atoms with Crippen molar-refractivity contribution in [3.8, 4) is 0 Å². The molecule has 0 unspecified atom stereocenters. The van der Waals surface area contributed by atoms with Gasteiger partial charge in [-0.25, -0.2) is 4.68 Å². The van der Waals surface area contributed by atoms with Gasteiger partial charge < -0.3 is 9.32 Å². The Bertz CT molecular complexity index is 718. The van der Waals surface area contributed by atoms with Gasteiger partial charge in [0.1, 0.15) is 17.8 Å². The molecule has 6 heteroatoms. The third-order valence-corrected chi connectivity index (χ3v) is 3.10. The lowest BCUT2D eigenvalue weighted by Crippen LogP contribution is -2.30. The number of aromatic nitrogens is 3. The summed E-state index contributed by atoms with van der Waals surface area (Å²) in [4.78, 5) is 13.8. The van der Waals surface area contributed by atoms with Gasteiger partial charge in [-0.05, 0) is 24.3 Å². The van der Waals surface area contributed by atoms with Crippen molar-refractivity contribution in [1.29, 1.82) is 0 Å². The lowest BCUT2D eigenvalue weighted by atomic mass is 10.3. The molecule has 0 spiro atoms. The average Bonchev–Trinajstić information content (AvgIpc) is 3.09. The lowest BCUT2D eigenvalue weighted by Gasteiger charge is -2.15. The Morgan fingerprint density at radius 3 is 2.95 bits per heavy atom. The minimum Gasteiger partial charge on any atom is -0.467 e. The van der Waals surface area contributed by atoms with Crippen LogP contribution in [0.2, 0.25) is 0 Å². The van der Waals surface area contributed by atoms with E-state index in [4.69, 9.17) is 4.42 Å². The van der Waals surface area contributed by atoms with Crippen molar-refractivity contribution in [2.24, 2.45) is 0 Å². The molecule has 0 atom stereocenters. The van der Waals surface area contributed by atoms with Gasteiger partial charge >= 0.3 is 0 Å². The Kier molecular flexibility index (Phi) is 3.20. The molecule has 0 aliphatic carbocycles. The van der Waals surface area contributed by atoms with Crippen molar-refractivity contribution in [2.75, 3.05) is 7.05 Å². The van der Waals surface area contributed by atoms with Crippen molar-refractivity contribution in [2.45, 2.75) is 13.1 Å². The van der Waals surface area contributed by atoms with Gasteiger partial charge in [-0.3, -0.25) is 4.79 Å². The molecule has 0 N–H and O–H groups in total. The zero-order valence-electron chi connectivity index (χ0n) is 11.1. The molecule has 6 nitrogen and oxygen atoms in total. The number of fused-ring (bicyclic) bond motifs is 1. The third kappa shape index (κ3) is 2.40. The summed E-state index contributed by atoms with van der Waals surface area (Å²) in [7, 11) is 1.74. The Labute approximate surface area is 115 Å². The average molecular weight is 270 g/mol. The van der Waals surface area contributed by atoms with Crippen LogP contribution in [0.3, 0.4) is 0 Å². The summed E-state index contributed by atoms with van der Waals surface area (Å²) in [6.07, 6.45) is 1.60. The molecular formula is C14H14N4O2. The number of amides is 1. The number of carbonyl (C=O) groups excluding carboxylic acids is 1. The number of carbonyl (C=O) groups is 1. The number of nitrogens with zero attached hydrogens (tertiary/aromatic N) is 4. The zero-order valence-corrected chi connectivity index (χ0v) is 11.1. The van der Waals surface area contributed by atoms with Crippen LogP contribution in [-0.2, 0) is 17.9 Å². The second-order valence-corrected chi connectivity index (χ2v) is 4.56. The molecule has 1 aromatic carbocycles. The van der Waals surface area contributed by atoms with Crippen molar-refractivity contribution < 1.29 is 9.21 Å². The normalized spacial score (nSPS) is 10.8. The molecule has 0 radical (unpaired) electrons. The van der Waals surface area contributed by atoms with Crippen LogP contribution in [0.5, 0.6) is 0 Å². The van der Waals surface area contributed by atoms with Crippen molar-refractivity contribution in [3.63, 3.8) is 0 Å². The summed E-state index contributed by atoms with van der Waals surface area (Å²) in [6, 6.07) is 11.2. The quantitative estimate of drug-likeness (QED) is 0.723. The Morgan fingerprint density at radius 2 is 2.15 bits per heavy atom. The third-order valence-electron chi connectivity index (χ3n) is 3.10. The Balaban J connectivity index is 1.72. The van der Waals surface area contributed by atoms with Crippen LogP contribution in [0.25, 0.3) is 11.0 Å². The maximum absolute atomic E-state index is 12.2. The molecule has 2 aromatic heterocycles. The predicted octanol–water partition coefficient (Wildman–Crippen LogP) is 1.68. The second kappa shape index (κ2) is 5.16. The topological polar surface area (TPSA) is 64.2 Å². The monoisotopic (exact) mass is 270 g/mol. The maximum atomic E-state index is 12.2. The summed E-state index contributed by atoms with van der Waals surface area (Å²) in [5.41, 5.74) is 1.64. The highest BCUT2D eigenvalue weighted by Gasteiger charge is 2.13. The molecule has 0 fully saturated rings. The van der Waals surface area contributed by atoms with E-state index in [2.05, 4.69) is 10.3 Å². The highest BCUT2D eigenvalue weighted by atomic mass is 16.3. The first-order valence-electron chi connectivity index (χ1n) is 6.28. The number of benzene rings is 1. The minimum atomic E-state index is -0.0444. The van der Waals surface area contributed by atoms with Gasteiger partial charge in [0.15, 0.2) is 0 Å². The van der Waals surface area contributed by atoms with Crippen LogP contribution in [0.1, 0.15) is 5.76 Å². The molecule has 2 heterocycles. The number of likely N-dealkylation sites (N-methyl/N-ethyl adjacent to an activating group) is 1. The smallest absolute Gasteiger partial charge is 0.244 e. The van der Waals surface area contributed by atoms with Crippen molar-refractivity contribution in [3.05, 3.63) is 48.4 Å². The summed E-state index contributed by atoms with van der Waals surface area (Å²) in [6.45, 7) is 0.607. The predicted molar refractivity (Wildman–Crippen MR) is 72.7 cm³/mol. The first kappa shape index (κ1) is 12.4. The first-order chi connectivity index (χ1) is 9.74. The number of hydrogen-bond donors (Lipinski definition) is 0. The van der Waals surface area contributed by atoms with Crippen molar-refractivity contribution in [1.82, 2.24) is 19.9 Å². The van der Waals surface area contributed by atoms with E-state index in [-0.39, 0.29) is 12.5 Å². The van der Waals surface area contributed by atoms with E-state index in [1.807, 2.05) is 30.3 Å². The van der Waals surface area contributed by atoms with Gasteiger partial charge in [0.2, 0.25) is 5.91 Å². The van der Waals surface area contributed by atoms with Crippen LogP contribution in [0, 0.1) is 0 Å². The largest absolute Gasteiger partial charge is 0.467 e. The van der Waals surface area contributed by atoms with E-state index in [0.717, 1.165) is 16.8 Å². The van der Waals surface area contributed by atoms with E-state index in [1.54, 1.807) is 29.0 Å². The van der Waals surface area contributed by atoms with Gasteiger partial charge in [0.25, 0.3) is 0 Å². The van der Waals surface area contributed by atoms with Gasteiger partial charge in [0.05, 0.1) is 18.3 Å². The van der Waals surface area contributed by atoms with Gasteiger partial charge in [-0.1, -0.05) is 17.3 Å². The van der Waals surface area contributed by atoms with Crippen molar-refractivity contribution >= 4 is 16.9 Å². The molecule has 0 aliphatic rings. The van der Waals surface area contributed by atoms with E-state index >= 15 is 0 Å². The maximum Gasteiger partial charge on any atom is 0.244 e. The molecule has 1 amide bonds. The minimum absolute atomic E-state index is 0.0444. The number of rotatable bonds is 4. The number of para-hydroxylation sites is 1. The molecule has 0 aliphatic heterocycles. The van der Waals surface area contributed by atoms with Gasteiger partial charge in [-0.2, -0.15) is 0 Å². The second-order valence-electron chi connectivity index (χ2n) is 4.56. The summed E-state index contributed by atoms with van der Waals surface area (Å²) in [5, 5.41) is 8.04. The summed E-state index contributed by atoms with van der Waals surface area (Å²) in [5.74, 6) is 0.710. The van der Waals surface area contributed by atoms with Crippen LogP contribution in [0.4, 0.5) is 0 Å². The Hall–Kier alpha value is -2.63. The van der Waals surface area contributed by atoms with E-state index in [0.29, 0.717) is 6.54 Å². The van der Waals surface area contributed by atoms with Crippen LogP contribution in [-0.4, -0.2) is 32.8 Å². The molecule has 0 saturated carbocycles. The molecular weight excluding hydrogens is 256 g/mol. The molecule has 0 saturated heterocycles. The zero-order chi connectivity index (χ0) is 13.9. The van der Waals surface area contributed by atoms with Crippen LogP contribution < -0.4 is 0 Å². The van der Waals surface area contributed by atoms with Crippen LogP contribution >= 0.6 is 0 Å². The lowest BCUT2D eigenvalue weighted by molar-refractivity contribution is -0.131. The fourth-order valence-electron chi connectivity index (χ4n) is 2.01. The van der Waals surface area contributed by atoms with E-state index in [9.17, 15) is 4.79 Å². The SMILES string of the molecule is CN(Cc1ccco1)C(=O)Cn1nnc2ccccc21. The van der Waals surface area contributed by atoms with Gasteiger partial charge in [-0.15, -0.1) is 5.10 Å². The highest BCUT2D eigenvalue weighted by Crippen LogP contribution is 2.10. The van der Waals surface area contributed by atoms with Gasteiger partial charge in [0, 0.05) is 7.05 Å². The first-order valence-corrected chi connectivity index (χ1v) is 6.28. The fraction of sp³-hybridized carbons (Fsp3) is 0.214. The molecule has 102 valence electrons. The fourth-order valence-corrected chi connectivity index (χ4v) is 2.01. The molecule has 20 heavy (non-hydrogen) atoms. The molecule has 3 rings (SSSR count). The summed E-state index contributed by atoms with van der Waals surface area (Å²) < 4.78 is 6.84. The number of furan rings is 1. The standard InChI is InChI=1S/C14H14N4O2/c1-17(9-11-5-4-8-20-11)14(19)10-18-13-7-3-2-6-12(13)15-16-18/h2-8H,9-10H2,1H3. The van der Waals surface area contributed by atoms with E-state index in [1.165, 1.54) is 0 Å². The van der Waals surface area contributed by atoms with Crippen LogP contribution in [0.15, 0.2) is 47.1 Å². The molecule has 0 bridgehead atoms. The number of hydrogen-bond acceptors (Lipinski definition) is 4. The molecule has 3 aromatic rings. The van der Waals surface area contributed by atoms with E-state index < -0.39 is 0 Å². The highest BCUT2D eigenvalue weighted by molar-refractivity contribution is 5.79. The summed E-state index contributed by atoms with van der Waals surface area (Å²) >= 11 is 0.